The molecular weight excluding hydrogens is 214 g/mol. The highest BCUT2D eigenvalue weighted by atomic mass is 19.3. The standard InChI is InChI=1S/C12H12F2O2/c1-8(15)2-7-11(16)9-3-5-10(6-4-9)12(13)14/h3-6,12H,2,7H2,1H3. The maximum Gasteiger partial charge on any atom is 0.263 e. The molecule has 1 aromatic rings. The van der Waals surface area contributed by atoms with Gasteiger partial charge in [0.25, 0.3) is 6.43 Å². The van der Waals surface area contributed by atoms with Crippen LogP contribution in [0, 0.1) is 0 Å². The summed E-state index contributed by atoms with van der Waals surface area (Å²) in [5.74, 6) is -0.256. The van der Waals surface area contributed by atoms with Crippen LogP contribution in [0.25, 0.3) is 0 Å². The lowest BCUT2D eigenvalue weighted by molar-refractivity contribution is -0.116. The van der Waals surface area contributed by atoms with E-state index >= 15 is 0 Å². The van der Waals surface area contributed by atoms with E-state index in [2.05, 4.69) is 0 Å². The number of ketones is 2. The van der Waals surface area contributed by atoms with Crippen LogP contribution in [-0.2, 0) is 4.79 Å². The summed E-state index contributed by atoms with van der Waals surface area (Å²) in [7, 11) is 0. The number of benzene rings is 1. The second-order valence-corrected chi connectivity index (χ2v) is 3.55. The van der Waals surface area contributed by atoms with Crippen molar-refractivity contribution in [3.8, 4) is 0 Å². The Morgan fingerprint density at radius 2 is 1.69 bits per heavy atom. The Kier molecular flexibility index (Phi) is 4.28. The van der Waals surface area contributed by atoms with Gasteiger partial charge in [-0.1, -0.05) is 24.3 Å². The van der Waals surface area contributed by atoms with E-state index < -0.39 is 6.43 Å². The third-order valence-corrected chi connectivity index (χ3v) is 2.19. The normalized spacial score (nSPS) is 10.5. The number of Topliss-reactive ketones (excluding diaryl/α,β-unsaturated/α-hetero) is 2. The van der Waals surface area contributed by atoms with Crippen molar-refractivity contribution >= 4 is 11.6 Å². The van der Waals surface area contributed by atoms with Crippen LogP contribution in [0.4, 0.5) is 8.78 Å². The van der Waals surface area contributed by atoms with Crippen LogP contribution in [-0.4, -0.2) is 11.6 Å². The molecule has 0 aliphatic rings. The molecule has 16 heavy (non-hydrogen) atoms. The zero-order valence-electron chi connectivity index (χ0n) is 8.87. The van der Waals surface area contributed by atoms with Crippen LogP contribution in [0.5, 0.6) is 0 Å². The molecule has 1 aromatic carbocycles. The van der Waals surface area contributed by atoms with Crippen molar-refractivity contribution in [1.82, 2.24) is 0 Å². The summed E-state index contributed by atoms with van der Waals surface area (Å²) in [6.07, 6.45) is -2.21. The van der Waals surface area contributed by atoms with Gasteiger partial charge < -0.3 is 4.79 Å². The first-order valence-electron chi connectivity index (χ1n) is 4.91. The molecule has 0 atom stereocenters. The highest BCUT2D eigenvalue weighted by Crippen LogP contribution is 2.19. The molecule has 0 bridgehead atoms. The molecule has 0 unspecified atom stereocenters. The Labute approximate surface area is 92.3 Å². The van der Waals surface area contributed by atoms with Crippen molar-refractivity contribution in [3.63, 3.8) is 0 Å². The predicted octanol–water partition coefficient (Wildman–Crippen LogP) is 3.18. The van der Waals surface area contributed by atoms with Gasteiger partial charge in [-0.05, 0) is 6.92 Å². The van der Waals surface area contributed by atoms with Gasteiger partial charge in [0.15, 0.2) is 5.78 Å². The maximum absolute atomic E-state index is 12.2. The van der Waals surface area contributed by atoms with Gasteiger partial charge in [0.1, 0.15) is 5.78 Å². The van der Waals surface area contributed by atoms with Crippen molar-refractivity contribution in [2.45, 2.75) is 26.2 Å². The van der Waals surface area contributed by atoms with Crippen molar-refractivity contribution in [1.29, 1.82) is 0 Å². The number of halogens is 2. The number of alkyl halides is 2. The zero-order chi connectivity index (χ0) is 12.1. The second-order valence-electron chi connectivity index (χ2n) is 3.55. The summed E-state index contributed by atoms with van der Waals surface area (Å²) in [4.78, 5) is 22.2. The Balaban J connectivity index is 2.66. The Morgan fingerprint density at radius 3 is 2.12 bits per heavy atom. The van der Waals surface area contributed by atoms with Crippen molar-refractivity contribution in [3.05, 3.63) is 35.4 Å². The molecule has 0 aromatic heterocycles. The van der Waals surface area contributed by atoms with E-state index in [1.54, 1.807) is 0 Å². The van der Waals surface area contributed by atoms with Crippen LogP contribution in [0.3, 0.4) is 0 Å². The highest BCUT2D eigenvalue weighted by molar-refractivity contribution is 5.97. The molecule has 0 fully saturated rings. The zero-order valence-corrected chi connectivity index (χ0v) is 8.87. The first-order chi connectivity index (χ1) is 7.50. The molecule has 0 radical (unpaired) electrons. The van der Waals surface area contributed by atoms with E-state index in [1.807, 2.05) is 0 Å². The molecule has 0 aliphatic heterocycles. The third-order valence-electron chi connectivity index (χ3n) is 2.19. The number of rotatable bonds is 5. The average Bonchev–Trinajstić information content (AvgIpc) is 2.26. The predicted molar refractivity (Wildman–Crippen MR) is 55.6 cm³/mol. The molecular formula is C12H12F2O2. The molecule has 1 rings (SSSR count). The molecule has 0 heterocycles. The smallest absolute Gasteiger partial charge is 0.263 e. The van der Waals surface area contributed by atoms with Gasteiger partial charge in [-0.2, -0.15) is 0 Å². The molecule has 2 nitrogen and oxygen atoms in total. The van der Waals surface area contributed by atoms with E-state index in [-0.39, 0.29) is 30.0 Å². The molecule has 86 valence electrons. The Bertz CT molecular complexity index is 383. The summed E-state index contributed by atoms with van der Waals surface area (Å²) < 4.78 is 24.4. The number of hydrogen-bond acceptors (Lipinski definition) is 2. The van der Waals surface area contributed by atoms with Crippen LogP contribution in [0.15, 0.2) is 24.3 Å². The maximum atomic E-state index is 12.2. The quantitative estimate of drug-likeness (QED) is 0.722. The van der Waals surface area contributed by atoms with Gasteiger partial charge in [0.2, 0.25) is 0 Å². The minimum atomic E-state index is -2.53. The van der Waals surface area contributed by atoms with E-state index in [1.165, 1.54) is 31.2 Å². The molecule has 0 N–H and O–H groups in total. The van der Waals surface area contributed by atoms with Gasteiger partial charge in [-0.15, -0.1) is 0 Å². The average molecular weight is 226 g/mol. The van der Waals surface area contributed by atoms with E-state index in [9.17, 15) is 18.4 Å². The van der Waals surface area contributed by atoms with Crippen molar-refractivity contribution in [2.24, 2.45) is 0 Å². The van der Waals surface area contributed by atoms with E-state index in [0.29, 0.717) is 5.56 Å². The minimum absolute atomic E-state index is 0.0578. The van der Waals surface area contributed by atoms with E-state index in [0.717, 1.165) is 0 Å². The monoisotopic (exact) mass is 226 g/mol. The van der Waals surface area contributed by atoms with Gasteiger partial charge in [-0.25, -0.2) is 8.78 Å². The Morgan fingerprint density at radius 1 is 1.12 bits per heavy atom. The summed E-state index contributed by atoms with van der Waals surface area (Å²) in [6, 6.07) is 5.19. The van der Waals surface area contributed by atoms with Gasteiger partial charge in [0, 0.05) is 24.0 Å². The second kappa shape index (κ2) is 5.49. The van der Waals surface area contributed by atoms with Gasteiger partial charge in [-0.3, -0.25) is 4.79 Å². The van der Waals surface area contributed by atoms with Crippen molar-refractivity contribution in [2.75, 3.05) is 0 Å². The van der Waals surface area contributed by atoms with Crippen LogP contribution >= 0.6 is 0 Å². The number of carbonyl (C=O) groups excluding carboxylic acids is 2. The van der Waals surface area contributed by atoms with Crippen molar-refractivity contribution < 1.29 is 18.4 Å². The molecule has 4 heteroatoms. The lowest BCUT2D eigenvalue weighted by Crippen LogP contribution is -2.02. The lowest BCUT2D eigenvalue weighted by Gasteiger charge is -2.02. The fourth-order valence-electron chi connectivity index (χ4n) is 1.25. The van der Waals surface area contributed by atoms with Gasteiger partial charge >= 0.3 is 0 Å². The molecule has 0 saturated carbocycles. The highest BCUT2D eigenvalue weighted by Gasteiger charge is 2.10. The fraction of sp³-hybridized carbons (Fsp3) is 0.333. The largest absolute Gasteiger partial charge is 0.300 e. The summed E-state index contributed by atoms with van der Waals surface area (Å²) in [5.41, 5.74) is 0.258. The molecule has 0 spiro atoms. The van der Waals surface area contributed by atoms with Crippen LogP contribution in [0.2, 0.25) is 0 Å². The number of carbonyl (C=O) groups is 2. The summed E-state index contributed by atoms with van der Waals surface area (Å²) in [6.45, 7) is 1.41. The van der Waals surface area contributed by atoms with Gasteiger partial charge in [0.05, 0.1) is 0 Å². The topological polar surface area (TPSA) is 34.1 Å². The van der Waals surface area contributed by atoms with Crippen LogP contribution < -0.4 is 0 Å². The first-order valence-corrected chi connectivity index (χ1v) is 4.91. The van der Waals surface area contributed by atoms with Crippen LogP contribution in [0.1, 0.15) is 42.1 Å². The lowest BCUT2D eigenvalue weighted by atomic mass is 10.0. The number of hydrogen-bond donors (Lipinski definition) is 0. The fourth-order valence-corrected chi connectivity index (χ4v) is 1.25. The molecule has 0 amide bonds. The molecule has 0 saturated heterocycles. The Hall–Kier alpha value is -1.58. The molecule has 0 aliphatic carbocycles. The first kappa shape index (κ1) is 12.5. The van der Waals surface area contributed by atoms with E-state index in [4.69, 9.17) is 0 Å². The SMILES string of the molecule is CC(=O)CCC(=O)c1ccc(C(F)F)cc1. The third kappa shape index (κ3) is 3.53. The summed E-state index contributed by atoms with van der Waals surface area (Å²) >= 11 is 0. The summed E-state index contributed by atoms with van der Waals surface area (Å²) in [5, 5.41) is 0. The minimum Gasteiger partial charge on any atom is -0.300 e.